The quantitative estimate of drug-likeness (QED) is 0.668. The number of primary amides is 1. The molecule has 0 saturated heterocycles. The van der Waals surface area contributed by atoms with Gasteiger partial charge in [-0.15, -0.1) is 11.3 Å². The molecule has 2 aromatic rings. The van der Waals surface area contributed by atoms with E-state index in [1.165, 1.54) is 34.4 Å². The molecule has 0 aliphatic carbocycles. The molecule has 0 bridgehead atoms. The maximum absolute atomic E-state index is 12.7. The number of quaternary nitrogens is 1. The first kappa shape index (κ1) is 19.5. The molecule has 27 heavy (non-hydrogen) atoms. The number of hydrogen-bond donors (Lipinski definition) is 3. The van der Waals surface area contributed by atoms with E-state index >= 15 is 0 Å². The molecule has 0 radical (unpaired) electrons. The summed E-state index contributed by atoms with van der Waals surface area (Å²) in [7, 11) is -1.34. The van der Waals surface area contributed by atoms with Crippen molar-refractivity contribution in [1.29, 1.82) is 0 Å². The lowest BCUT2D eigenvalue weighted by Gasteiger charge is -2.19. The highest BCUT2D eigenvalue weighted by atomic mass is 32.2. The first-order valence-electron chi connectivity index (χ1n) is 8.62. The molecule has 9 heteroatoms. The molecule has 1 aliphatic heterocycles. The van der Waals surface area contributed by atoms with Gasteiger partial charge < -0.3 is 16.0 Å². The number of nitrogens with one attached hydrogen (secondary N) is 2. The Morgan fingerprint density at radius 2 is 2.07 bits per heavy atom. The molecule has 2 heterocycles. The summed E-state index contributed by atoms with van der Waals surface area (Å²) in [4.78, 5) is 27.1. The molecule has 1 unspecified atom stereocenters. The van der Waals surface area contributed by atoms with Gasteiger partial charge in [0.15, 0.2) is 9.84 Å². The number of anilines is 1. The van der Waals surface area contributed by atoms with Crippen LogP contribution in [0.2, 0.25) is 0 Å². The minimum Gasteiger partial charge on any atom is -0.365 e. The topological polar surface area (TPSA) is 111 Å². The van der Waals surface area contributed by atoms with Crippen molar-refractivity contribution in [2.24, 2.45) is 5.73 Å². The van der Waals surface area contributed by atoms with Crippen molar-refractivity contribution < 1.29 is 22.9 Å². The Kier molecular flexibility index (Phi) is 5.36. The van der Waals surface area contributed by atoms with Crippen molar-refractivity contribution in [2.45, 2.75) is 24.8 Å². The molecule has 0 fully saturated rings. The fourth-order valence-corrected chi connectivity index (χ4v) is 5.43. The van der Waals surface area contributed by atoms with Crippen LogP contribution in [0.5, 0.6) is 0 Å². The molecule has 1 atom stereocenters. The molecule has 1 aromatic heterocycles. The second kappa shape index (κ2) is 7.41. The van der Waals surface area contributed by atoms with Crippen LogP contribution in [-0.4, -0.2) is 39.6 Å². The van der Waals surface area contributed by atoms with Crippen LogP contribution in [0.1, 0.15) is 38.1 Å². The third-order valence-corrected chi connectivity index (χ3v) is 7.54. The summed E-state index contributed by atoms with van der Waals surface area (Å²) in [6.45, 7) is 3.23. The second-order valence-corrected chi connectivity index (χ2v) is 9.97. The Morgan fingerprint density at radius 3 is 2.74 bits per heavy atom. The number of nitrogens with two attached hydrogens (primary N) is 1. The number of sulfone groups is 1. The van der Waals surface area contributed by atoms with Crippen LogP contribution in [0.25, 0.3) is 0 Å². The Labute approximate surface area is 162 Å². The van der Waals surface area contributed by atoms with E-state index < -0.39 is 21.7 Å². The van der Waals surface area contributed by atoms with E-state index in [1.807, 2.05) is 0 Å². The third kappa shape index (κ3) is 3.90. The Hall–Kier alpha value is -2.23. The fourth-order valence-electron chi connectivity index (χ4n) is 3.14. The molecule has 1 aromatic carbocycles. The average molecular weight is 409 g/mol. The highest BCUT2D eigenvalue weighted by Gasteiger charge is 2.28. The number of hydrogen-bond acceptors (Lipinski definition) is 5. The first-order valence-corrected chi connectivity index (χ1v) is 11.1. The van der Waals surface area contributed by atoms with E-state index in [0.717, 1.165) is 30.0 Å². The van der Waals surface area contributed by atoms with Crippen LogP contribution >= 0.6 is 11.3 Å². The number of benzene rings is 1. The Bertz CT molecular complexity index is 1010. The SMILES string of the molecule is CCS(=O)(=O)c1cccc(C(=O)Nc2sc3c(c2C(N)=O)CC[NH+](C)C3)c1. The third-order valence-electron chi connectivity index (χ3n) is 4.66. The van der Waals surface area contributed by atoms with Crippen molar-refractivity contribution in [3.63, 3.8) is 0 Å². The van der Waals surface area contributed by atoms with Gasteiger partial charge >= 0.3 is 0 Å². The Morgan fingerprint density at radius 1 is 1.33 bits per heavy atom. The van der Waals surface area contributed by atoms with Crippen LogP contribution in [-0.2, 0) is 22.8 Å². The van der Waals surface area contributed by atoms with Gasteiger partial charge in [0.1, 0.15) is 11.5 Å². The van der Waals surface area contributed by atoms with E-state index in [-0.39, 0.29) is 16.2 Å². The second-order valence-electron chi connectivity index (χ2n) is 6.59. The summed E-state index contributed by atoms with van der Waals surface area (Å²) in [5.41, 5.74) is 7.06. The van der Waals surface area contributed by atoms with Crippen LogP contribution in [0.4, 0.5) is 5.00 Å². The summed E-state index contributed by atoms with van der Waals surface area (Å²) < 4.78 is 24.1. The highest BCUT2D eigenvalue weighted by molar-refractivity contribution is 7.91. The molecule has 0 spiro atoms. The molecule has 7 nitrogen and oxygen atoms in total. The summed E-state index contributed by atoms with van der Waals surface area (Å²) in [6.07, 6.45) is 0.732. The van der Waals surface area contributed by atoms with Gasteiger partial charge in [-0.25, -0.2) is 8.42 Å². The number of thiophene rings is 1. The zero-order valence-corrected chi connectivity index (χ0v) is 16.8. The van der Waals surface area contributed by atoms with Gasteiger partial charge in [0.25, 0.3) is 11.8 Å². The lowest BCUT2D eigenvalue weighted by Crippen LogP contribution is -3.08. The largest absolute Gasteiger partial charge is 0.365 e. The maximum atomic E-state index is 12.7. The number of amides is 2. The smallest absolute Gasteiger partial charge is 0.256 e. The van der Waals surface area contributed by atoms with Crippen molar-refractivity contribution in [3.8, 4) is 0 Å². The molecular weight excluding hydrogens is 386 g/mol. The predicted octanol–water partition coefficient (Wildman–Crippen LogP) is 0.464. The standard InChI is InChI=1S/C18H21N3O4S2/c1-3-27(24,25)12-6-4-5-11(9-12)17(23)20-18-15(16(19)22)13-7-8-21(2)10-14(13)26-18/h4-6,9H,3,7-8,10H2,1-2H3,(H2,19,22)(H,20,23)/p+1. The van der Waals surface area contributed by atoms with Gasteiger partial charge in [0.05, 0.1) is 34.7 Å². The summed E-state index contributed by atoms with van der Waals surface area (Å²) in [5.74, 6) is -1.08. The zero-order valence-electron chi connectivity index (χ0n) is 15.2. The predicted molar refractivity (Wildman–Crippen MR) is 104 cm³/mol. The molecule has 2 amide bonds. The highest BCUT2D eigenvalue weighted by Crippen LogP contribution is 2.34. The number of likely N-dealkylation sites (N-methyl/N-ethyl adjacent to an activating group) is 1. The van der Waals surface area contributed by atoms with Crippen molar-refractivity contribution in [1.82, 2.24) is 0 Å². The van der Waals surface area contributed by atoms with Gasteiger partial charge in [-0.2, -0.15) is 0 Å². The summed E-state index contributed by atoms with van der Waals surface area (Å²) >= 11 is 1.36. The van der Waals surface area contributed by atoms with Gasteiger partial charge in [-0.1, -0.05) is 13.0 Å². The van der Waals surface area contributed by atoms with Crippen LogP contribution in [0.15, 0.2) is 29.2 Å². The summed E-state index contributed by atoms with van der Waals surface area (Å²) in [6, 6.07) is 5.89. The van der Waals surface area contributed by atoms with Crippen molar-refractivity contribution in [2.75, 3.05) is 24.7 Å². The monoisotopic (exact) mass is 408 g/mol. The Balaban J connectivity index is 1.93. The van der Waals surface area contributed by atoms with Gasteiger partial charge in [-0.3, -0.25) is 9.59 Å². The van der Waals surface area contributed by atoms with Crippen LogP contribution < -0.4 is 16.0 Å². The van der Waals surface area contributed by atoms with Crippen molar-refractivity contribution in [3.05, 3.63) is 45.8 Å². The van der Waals surface area contributed by atoms with Gasteiger partial charge in [-0.05, 0) is 23.8 Å². The van der Waals surface area contributed by atoms with Gasteiger partial charge in [0.2, 0.25) is 0 Å². The number of rotatable bonds is 5. The molecule has 3 rings (SSSR count). The molecule has 144 valence electrons. The van der Waals surface area contributed by atoms with Gasteiger partial charge in [0, 0.05) is 12.0 Å². The minimum atomic E-state index is -3.41. The summed E-state index contributed by atoms with van der Waals surface area (Å²) in [5, 5.41) is 3.18. The normalized spacial score (nSPS) is 16.6. The molecule has 1 aliphatic rings. The van der Waals surface area contributed by atoms with Crippen LogP contribution in [0.3, 0.4) is 0 Å². The minimum absolute atomic E-state index is 0.0443. The van der Waals surface area contributed by atoms with E-state index in [9.17, 15) is 18.0 Å². The molecule has 0 saturated carbocycles. The van der Waals surface area contributed by atoms with E-state index in [1.54, 1.807) is 13.0 Å². The first-order chi connectivity index (χ1) is 12.7. The number of fused-ring (bicyclic) bond motifs is 1. The van der Waals surface area contributed by atoms with Crippen LogP contribution in [0, 0.1) is 0 Å². The molecular formula is C18H22N3O4S2+. The van der Waals surface area contributed by atoms with E-state index in [2.05, 4.69) is 12.4 Å². The molecule has 4 N–H and O–H groups in total. The number of carbonyl (C=O) groups excluding carboxylic acids is 2. The van der Waals surface area contributed by atoms with E-state index in [0.29, 0.717) is 10.6 Å². The fraction of sp³-hybridized carbons (Fsp3) is 0.333. The van der Waals surface area contributed by atoms with Crippen molar-refractivity contribution >= 4 is 38.0 Å². The lowest BCUT2D eigenvalue weighted by atomic mass is 10.0. The maximum Gasteiger partial charge on any atom is 0.256 e. The average Bonchev–Trinajstić information content (AvgIpc) is 2.98. The lowest BCUT2D eigenvalue weighted by molar-refractivity contribution is -0.895. The van der Waals surface area contributed by atoms with E-state index in [4.69, 9.17) is 5.73 Å². The number of carbonyl (C=O) groups is 2. The zero-order chi connectivity index (χ0) is 19.8.